The molecule has 0 amide bonds. The zero-order chi connectivity index (χ0) is 18.3. The van der Waals surface area contributed by atoms with E-state index in [0.717, 1.165) is 48.6 Å². The fraction of sp³-hybridized carbons (Fsp3) is 0.579. The molecule has 1 unspecified atom stereocenters. The Kier molecular flexibility index (Phi) is 4.26. The molecule has 26 heavy (non-hydrogen) atoms. The number of anilines is 1. The number of aromatic nitrogens is 2. The molecule has 0 saturated carbocycles. The third-order valence-electron chi connectivity index (χ3n) is 5.58. The number of hydrogen-bond acceptors (Lipinski definition) is 7. The van der Waals surface area contributed by atoms with Gasteiger partial charge in [-0.1, -0.05) is 0 Å². The maximum atomic E-state index is 11.9. The molecule has 1 aromatic rings. The normalized spacial score (nSPS) is 26.8. The summed E-state index contributed by atoms with van der Waals surface area (Å²) >= 11 is 0. The lowest BCUT2D eigenvalue weighted by atomic mass is 9.74. The molecule has 1 N–H and O–H groups in total. The average molecular weight is 356 g/mol. The van der Waals surface area contributed by atoms with Gasteiger partial charge in [0.25, 0.3) is 0 Å². The number of hydrogen-bond donors (Lipinski definition) is 1. The molecule has 138 valence electrons. The van der Waals surface area contributed by atoms with Crippen LogP contribution in [0.3, 0.4) is 0 Å². The quantitative estimate of drug-likeness (QED) is 0.884. The molecule has 0 radical (unpaired) electrons. The second-order valence-electron chi connectivity index (χ2n) is 7.54. The van der Waals surface area contributed by atoms with Crippen LogP contribution in [0.25, 0.3) is 0 Å². The van der Waals surface area contributed by atoms with Crippen molar-refractivity contribution in [2.75, 3.05) is 31.6 Å². The Hall–Kier alpha value is -2.28. The van der Waals surface area contributed by atoms with Gasteiger partial charge in [-0.2, -0.15) is 0 Å². The third-order valence-corrected chi connectivity index (χ3v) is 5.58. The number of ketones is 1. The average Bonchev–Trinajstić information content (AvgIpc) is 3.06. The number of ether oxygens (including phenoxy) is 1. The van der Waals surface area contributed by atoms with Crippen molar-refractivity contribution >= 4 is 17.3 Å². The van der Waals surface area contributed by atoms with Gasteiger partial charge in [-0.15, -0.1) is 10.2 Å². The lowest BCUT2D eigenvalue weighted by molar-refractivity contribution is -0.122. The number of nitrogens with zero attached hydrogens (tertiary/aromatic N) is 4. The summed E-state index contributed by atoms with van der Waals surface area (Å²) in [6.45, 7) is 4.06. The highest BCUT2D eigenvalue weighted by Gasteiger charge is 2.43. The lowest BCUT2D eigenvalue weighted by Gasteiger charge is -2.36. The predicted octanol–water partition coefficient (Wildman–Crippen LogP) is 1.57. The first-order valence-electron chi connectivity index (χ1n) is 9.12. The summed E-state index contributed by atoms with van der Waals surface area (Å²) in [6, 6.07) is 3.75. The summed E-state index contributed by atoms with van der Waals surface area (Å²) < 4.78 is 5.06. The van der Waals surface area contributed by atoms with Crippen molar-refractivity contribution in [3.8, 4) is 5.88 Å². The van der Waals surface area contributed by atoms with Gasteiger partial charge in [0.15, 0.2) is 5.82 Å². The molecule has 3 aliphatic rings. The van der Waals surface area contributed by atoms with E-state index in [1.165, 1.54) is 0 Å². The van der Waals surface area contributed by atoms with Crippen molar-refractivity contribution in [1.82, 2.24) is 10.2 Å². The summed E-state index contributed by atoms with van der Waals surface area (Å²) in [5, 5.41) is 19.1. The zero-order valence-corrected chi connectivity index (χ0v) is 15.2. The Balaban J connectivity index is 1.46. The van der Waals surface area contributed by atoms with E-state index < -0.39 is 5.60 Å². The van der Waals surface area contributed by atoms with Crippen molar-refractivity contribution in [3.05, 3.63) is 23.3 Å². The Morgan fingerprint density at radius 2 is 2.04 bits per heavy atom. The molecule has 7 heteroatoms. The SMILES string of the molecule is COc1ccc(N2CCC(C3=NCC4=C3C(C)(O)CC(=O)C4)CC2)nn1. The van der Waals surface area contributed by atoms with E-state index in [1.807, 2.05) is 12.1 Å². The van der Waals surface area contributed by atoms with Gasteiger partial charge >= 0.3 is 0 Å². The van der Waals surface area contributed by atoms with Crippen molar-refractivity contribution in [2.24, 2.45) is 10.9 Å². The second-order valence-corrected chi connectivity index (χ2v) is 7.54. The number of methoxy groups -OCH3 is 1. The second kappa shape index (κ2) is 6.46. The number of rotatable bonds is 3. The molecule has 0 spiro atoms. The molecule has 7 nitrogen and oxygen atoms in total. The third kappa shape index (κ3) is 3.00. The van der Waals surface area contributed by atoms with Crippen LogP contribution >= 0.6 is 0 Å². The van der Waals surface area contributed by atoms with Crippen molar-refractivity contribution in [1.29, 1.82) is 0 Å². The van der Waals surface area contributed by atoms with Gasteiger partial charge in [-0.3, -0.25) is 9.79 Å². The highest BCUT2D eigenvalue weighted by Crippen LogP contribution is 2.40. The smallest absolute Gasteiger partial charge is 0.233 e. The maximum absolute atomic E-state index is 11.9. The molecule has 1 atom stereocenters. The Morgan fingerprint density at radius 3 is 2.69 bits per heavy atom. The van der Waals surface area contributed by atoms with Crippen LogP contribution in [0.2, 0.25) is 0 Å². The van der Waals surface area contributed by atoms with Crippen LogP contribution in [-0.4, -0.2) is 59.1 Å². The number of Topliss-reactive ketones (excluding diaryl/α,β-unsaturated/α-hetero) is 1. The molecule has 0 aromatic carbocycles. The van der Waals surface area contributed by atoms with Gasteiger partial charge in [0.2, 0.25) is 5.88 Å². The molecule has 1 aliphatic carbocycles. The predicted molar refractivity (Wildman–Crippen MR) is 97.7 cm³/mol. The summed E-state index contributed by atoms with van der Waals surface area (Å²) in [6.07, 6.45) is 2.55. The topological polar surface area (TPSA) is 87.9 Å². The highest BCUT2D eigenvalue weighted by atomic mass is 16.5. The van der Waals surface area contributed by atoms with Crippen LogP contribution < -0.4 is 9.64 Å². The van der Waals surface area contributed by atoms with Crippen LogP contribution in [0, 0.1) is 5.92 Å². The molecular formula is C19H24N4O3. The van der Waals surface area contributed by atoms with Crippen LogP contribution in [0.5, 0.6) is 5.88 Å². The van der Waals surface area contributed by atoms with Crippen LogP contribution in [-0.2, 0) is 4.79 Å². The number of carbonyl (C=O) groups is 1. The minimum Gasteiger partial charge on any atom is -0.480 e. The molecule has 3 heterocycles. The van der Waals surface area contributed by atoms with Crippen molar-refractivity contribution in [2.45, 2.75) is 38.2 Å². The number of aliphatic hydroxyl groups is 1. The summed E-state index contributed by atoms with van der Waals surface area (Å²) in [4.78, 5) is 18.8. The minimum atomic E-state index is -1.07. The molecule has 0 bridgehead atoms. The Morgan fingerprint density at radius 1 is 1.27 bits per heavy atom. The Labute approximate surface area is 152 Å². The van der Waals surface area contributed by atoms with Crippen molar-refractivity contribution < 1.29 is 14.6 Å². The van der Waals surface area contributed by atoms with E-state index in [2.05, 4.69) is 15.1 Å². The lowest BCUT2D eigenvalue weighted by Crippen LogP contribution is -2.42. The van der Waals surface area contributed by atoms with E-state index >= 15 is 0 Å². The Bertz CT molecular complexity index is 774. The molecule has 1 aromatic heterocycles. The van der Waals surface area contributed by atoms with Gasteiger partial charge in [0, 0.05) is 49.2 Å². The van der Waals surface area contributed by atoms with Gasteiger partial charge in [0.1, 0.15) is 5.78 Å². The van der Waals surface area contributed by atoms with Gasteiger partial charge in [-0.25, -0.2) is 0 Å². The molecule has 1 saturated heterocycles. The fourth-order valence-electron chi connectivity index (χ4n) is 4.40. The minimum absolute atomic E-state index is 0.109. The molecule has 4 rings (SSSR count). The number of aliphatic imine (C=N–C) groups is 1. The van der Waals surface area contributed by atoms with Gasteiger partial charge < -0.3 is 14.7 Å². The number of carbonyl (C=O) groups excluding carboxylic acids is 1. The monoisotopic (exact) mass is 356 g/mol. The largest absolute Gasteiger partial charge is 0.480 e. The summed E-state index contributed by atoms with van der Waals surface area (Å²) in [5.41, 5.74) is 1.92. The molecular weight excluding hydrogens is 332 g/mol. The highest BCUT2D eigenvalue weighted by molar-refractivity contribution is 6.08. The van der Waals surface area contributed by atoms with Crippen molar-refractivity contribution in [3.63, 3.8) is 0 Å². The molecule has 2 aliphatic heterocycles. The first-order valence-corrected chi connectivity index (χ1v) is 9.12. The maximum Gasteiger partial charge on any atom is 0.233 e. The number of piperidine rings is 1. The van der Waals surface area contributed by atoms with E-state index in [0.29, 0.717) is 24.8 Å². The summed E-state index contributed by atoms with van der Waals surface area (Å²) in [5.74, 6) is 1.80. The van der Waals surface area contributed by atoms with E-state index in [4.69, 9.17) is 9.73 Å². The first kappa shape index (κ1) is 17.1. The van der Waals surface area contributed by atoms with Gasteiger partial charge in [-0.05, 0) is 31.4 Å². The van der Waals surface area contributed by atoms with E-state index in [-0.39, 0.29) is 12.2 Å². The summed E-state index contributed by atoms with van der Waals surface area (Å²) in [7, 11) is 1.58. The van der Waals surface area contributed by atoms with Crippen LogP contribution in [0.1, 0.15) is 32.6 Å². The van der Waals surface area contributed by atoms with E-state index in [1.54, 1.807) is 14.0 Å². The van der Waals surface area contributed by atoms with Crippen LogP contribution in [0.15, 0.2) is 28.3 Å². The van der Waals surface area contributed by atoms with Crippen LogP contribution in [0.4, 0.5) is 5.82 Å². The standard InChI is InChI=1S/C19H24N4O3/c1-19(25)10-14(24)9-13-11-20-18(17(13)19)12-5-7-23(8-6-12)15-3-4-16(26-2)22-21-15/h3-4,12,25H,5-11H2,1-2H3. The van der Waals surface area contributed by atoms with Gasteiger partial charge in [0.05, 0.1) is 19.3 Å². The fourth-order valence-corrected chi connectivity index (χ4v) is 4.40. The first-order chi connectivity index (χ1) is 12.5. The van der Waals surface area contributed by atoms with E-state index in [9.17, 15) is 9.90 Å². The zero-order valence-electron chi connectivity index (χ0n) is 15.2. The molecule has 1 fully saturated rings.